The molecule has 7 heteroatoms. The van der Waals surface area contributed by atoms with Crippen LogP contribution in [0.2, 0.25) is 0 Å². The number of nitrogens with one attached hydrogen (secondary N) is 1. The van der Waals surface area contributed by atoms with E-state index in [4.69, 9.17) is 14.2 Å². The monoisotopic (exact) mass is 427 g/mol. The van der Waals surface area contributed by atoms with Gasteiger partial charge in [-0.25, -0.2) is 9.97 Å². The number of ether oxygens (including phenoxy) is 3. The zero-order chi connectivity index (χ0) is 22.3. The number of hydrogen-bond acceptors (Lipinski definition) is 6. The number of benzene rings is 3. The van der Waals surface area contributed by atoms with Crippen molar-refractivity contribution in [3.8, 4) is 34.4 Å². The number of rotatable bonds is 7. The van der Waals surface area contributed by atoms with Crippen molar-refractivity contribution in [1.82, 2.24) is 9.97 Å². The van der Waals surface area contributed by atoms with Gasteiger partial charge in [0.1, 0.15) is 23.6 Å². The number of anilines is 1. The van der Waals surface area contributed by atoms with Gasteiger partial charge >= 0.3 is 0 Å². The summed E-state index contributed by atoms with van der Waals surface area (Å²) in [4.78, 5) is 21.3. The van der Waals surface area contributed by atoms with E-state index in [0.717, 1.165) is 11.3 Å². The molecule has 7 nitrogen and oxygen atoms in total. The Hall–Kier alpha value is -4.39. The van der Waals surface area contributed by atoms with Crippen molar-refractivity contribution < 1.29 is 19.0 Å². The first kappa shape index (κ1) is 20.9. The second-order valence-electron chi connectivity index (χ2n) is 6.76. The Balaban J connectivity index is 1.51. The second kappa shape index (κ2) is 9.61. The van der Waals surface area contributed by atoms with Gasteiger partial charge in [-0.15, -0.1) is 0 Å². The first-order chi connectivity index (χ1) is 15.7. The summed E-state index contributed by atoms with van der Waals surface area (Å²) < 4.78 is 16.4. The van der Waals surface area contributed by atoms with Crippen molar-refractivity contribution in [2.45, 2.75) is 0 Å². The molecule has 1 amide bonds. The number of carbonyl (C=O) groups excluding carboxylic acids is 1. The fourth-order valence-electron chi connectivity index (χ4n) is 3.08. The predicted molar refractivity (Wildman–Crippen MR) is 121 cm³/mol. The predicted octanol–water partition coefficient (Wildman–Crippen LogP) is 5.21. The van der Waals surface area contributed by atoms with Crippen LogP contribution in [0.3, 0.4) is 0 Å². The van der Waals surface area contributed by atoms with Gasteiger partial charge in [-0.3, -0.25) is 4.79 Å². The van der Waals surface area contributed by atoms with Gasteiger partial charge in [-0.1, -0.05) is 36.4 Å². The van der Waals surface area contributed by atoms with Gasteiger partial charge in [0.2, 0.25) is 5.88 Å². The van der Waals surface area contributed by atoms with E-state index >= 15 is 0 Å². The number of amides is 1. The van der Waals surface area contributed by atoms with Crippen LogP contribution in [0.4, 0.5) is 5.69 Å². The average molecular weight is 427 g/mol. The quantitative estimate of drug-likeness (QED) is 0.436. The highest BCUT2D eigenvalue weighted by Crippen LogP contribution is 2.30. The van der Waals surface area contributed by atoms with Gasteiger partial charge < -0.3 is 19.5 Å². The van der Waals surface area contributed by atoms with E-state index < -0.39 is 0 Å². The van der Waals surface area contributed by atoms with Crippen LogP contribution in [-0.2, 0) is 0 Å². The molecule has 160 valence electrons. The number of methoxy groups -OCH3 is 2. The van der Waals surface area contributed by atoms with Crippen LogP contribution < -0.4 is 19.5 Å². The normalized spacial score (nSPS) is 10.3. The lowest BCUT2D eigenvalue weighted by molar-refractivity contribution is 0.102. The summed E-state index contributed by atoms with van der Waals surface area (Å²) in [5.74, 6) is 1.70. The Morgan fingerprint density at radius 2 is 1.66 bits per heavy atom. The summed E-state index contributed by atoms with van der Waals surface area (Å²) in [6.07, 6.45) is 1.45. The minimum Gasteiger partial charge on any atom is -0.497 e. The molecule has 0 fully saturated rings. The van der Waals surface area contributed by atoms with Crippen LogP contribution in [0.15, 0.2) is 85.2 Å². The maximum absolute atomic E-state index is 12.8. The highest BCUT2D eigenvalue weighted by molar-refractivity contribution is 6.05. The van der Waals surface area contributed by atoms with Gasteiger partial charge in [-0.2, -0.15) is 0 Å². The molecule has 0 spiro atoms. The van der Waals surface area contributed by atoms with Crippen LogP contribution in [0.25, 0.3) is 11.3 Å². The fraction of sp³-hybridized carbons (Fsp3) is 0.0800. The third kappa shape index (κ3) is 4.84. The number of nitrogens with zero attached hydrogens (tertiary/aromatic N) is 2. The molecule has 1 heterocycles. The smallest absolute Gasteiger partial charge is 0.255 e. The van der Waals surface area contributed by atoms with E-state index in [1.807, 2.05) is 30.3 Å². The highest BCUT2D eigenvalue weighted by Gasteiger charge is 2.12. The lowest BCUT2D eigenvalue weighted by atomic mass is 10.1. The maximum Gasteiger partial charge on any atom is 0.255 e. The highest BCUT2D eigenvalue weighted by atomic mass is 16.5. The van der Waals surface area contributed by atoms with Gasteiger partial charge in [0.25, 0.3) is 5.91 Å². The summed E-state index contributed by atoms with van der Waals surface area (Å²) in [7, 11) is 3.10. The molecule has 1 aromatic heterocycles. The molecule has 4 aromatic rings. The van der Waals surface area contributed by atoms with Crippen molar-refractivity contribution in [2.75, 3.05) is 19.5 Å². The van der Waals surface area contributed by atoms with Gasteiger partial charge in [0, 0.05) is 23.3 Å². The van der Waals surface area contributed by atoms with E-state index in [2.05, 4.69) is 15.3 Å². The standard InChI is InChI=1S/C25H21N3O4/c1-30-19-11-12-21(23(14-19)31-2)28-25(29)18-9-6-10-20(13-18)32-24-15-22(26-16-27-24)17-7-4-3-5-8-17/h3-16H,1-2H3,(H,28,29). The molecule has 3 aromatic carbocycles. The van der Waals surface area contributed by atoms with Crippen LogP contribution in [-0.4, -0.2) is 30.1 Å². The summed E-state index contributed by atoms with van der Waals surface area (Å²) in [5.41, 5.74) is 2.67. The Morgan fingerprint density at radius 3 is 2.44 bits per heavy atom. The summed E-state index contributed by atoms with van der Waals surface area (Å²) >= 11 is 0. The first-order valence-electron chi connectivity index (χ1n) is 9.85. The van der Waals surface area contributed by atoms with E-state index in [-0.39, 0.29) is 5.91 Å². The van der Waals surface area contributed by atoms with Crippen molar-refractivity contribution in [3.05, 3.63) is 90.8 Å². The molecule has 0 unspecified atom stereocenters. The number of aromatic nitrogens is 2. The van der Waals surface area contributed by atoms with Crippen LogP contribution in [0.1, 0.15) is 10.4 Å². The number of hydrogen-bond donors (Lipinski definition) is 1. The zero-order valence-electron chi connectivity index (χ0n) is 17.6. The van der Waals surface area contributed by atoms with Crippen LogP contribution in [0.5, 0.6) is 23.1 Å². The topological polar surface area (TPSA) is 82.6 Å². The lowest BCUT2D eigenvalue weighted by Gasteiger charge is -2.12. The molecule has 0 aliphatic heterocycles. The SMILES string of the molecule is COc1ccc(NC(=O)c2cccc(Oc3cc(-c4ccccc4)ncn3)c2)c(OC)c1. The molecule has 0 aliphatic carbocycles. The Bertz CT molecular complexity index is 1230. The average Bonchev–Trinajstić information content (AvgIpc) is 2.85. The second-order valence-corrected chi connectivity index (χ2v) is 6.76. The lowest BCUT2D eigenvalue weighted by Crippen LogP contribution is -2.12. The van der Waals surface area contributed by atoms with Crippen molar-refractivity contribution in [2.24, 2.45) is 0 Å². The van der Waals surface area contributed by atoms with Crippen LogP contribution >= 0.6 is 0 Å². The third-order valence-electron chi connectivity index (χ3n) is 4.69. The van der Waals surface area contributed by atoms with Crippen molar-refractivity contribution >= 4 is 11.6 Å². The van der Waals surface area contributed by atoms with E-state index in [0.29, 0.717) is 34.4 Å². The number of carbonyl (C=O) groups is 1. The Kier molecular flexibility index (Phi) is 6.27. The molecule has 1 N–H and O–H groups in total. The molecule has 32 heavy (non-hydrogen) atoms. The molecule has 0 bridgehead atoms. The van der Waals surface area contributed by atoms with Crippen LogP contribution in [0, 0.1) is 0 Å². The fourth-order valence-corrected chi connectivity index (χ4v) is 3.08. The van der Waals surface area contributed by atoms with E-state index in [1.54, 1.807) is 55.6 Å². The molecular weight excluding hydrogens is 406 g/mol. The molecule has 4 rings (SSSR count). The van der Waals surface area contributed by atoms with E-state index in [1.165, 1.54) is 13.4 Å². The largest absolute Gasteiger partial charge is 0.497 e. The van der Waals surface area contributed by atoms with Crippen molar-refractivity contribution in [1.29, 1.82) is 0 Å². The maximum atomic E-state index is 12.8. The molecule has 0 atom stereocenters. The minimum absolute atomic E-state index is 0.299. The molecular formula is C25H21N3O4. The Labute approximate surface area is 185 Å². The Morgan fingerprint density at radius 1 is 0.812 bits per heavy atom. The molecule has 0 saturated carbocycles. The van der Waals surface area contributed by atoms with Crippen molar-refractivity contribution in [3.63, 3.8) is 0 Å². The third-order valence-corrected chi connectivity index (χ3v) is 4.69. The molecule has 0 saturated heterocycles. The van der Waals surface area contributed by atoms with Gasteiger partial charge in [-0.05, 0) is 30.3 Å². The summed E-state index contributed by atoms with van der Waals surface area (Å²) in [6, 6.07) is 23.5. The summed E-state index contributed by atoms with van der Waals surface area (Å²) in [5, 5.41) is 2.85. The zero-order valence-corrected chi connectivity index (χ0v) is 17.6. The minimum atomic E-state index is -0.299. The first-order valence-corrected chi connectivity index (χ1v) is 9.85. The molecule has 0 aliphatic rings. The summed E-state index contributed by atoms with van der Waals surface area (Å²) in [6.45, 7) is 0. The molecule has 0 radical (unpaired) electrons. The van der Waals surface area contributed by atoms with E-state index in [9.17, 15) is 4.79 Å². The van der Waals surface area contributed by atoms with Gasteiger partial charge in [0.15, 0.2) is 0 Å². The van der Waals surface area contributed by atoms with Gasteiger partial charge in [0.05, 0.1) is 25.6 Å².